The van der Waals surface area contributed by atoms with Crippen molar-refractivity contribution >= 4 is 29.3 Å². The van der Waals surface area contributed by atoms with Crippen LogP contribution in [-0.2, 0) is 4.74 Å². The first-order valence-electron chi connectivity index (χ1n) is 9.41. The van der Waals surface area contributed by atoms with Crippen LogP contribution in [0.2, 0.25) is 0 Å². The number of aromatic nitrogens is 1. The Kier molecular flexibility index (Phi) is 6.67. The number of para-hydroxylation sites is 1. The fraction of sp³-hybridized carbons (Fsp3) is 0.350. The van der Waals surface area contributed by atoms with Gasteiger partial charge in [0.15, 0.2) is 0 Å². The molecule has 2 heterocycles. The lowest BCUT2D eigenvalue weighted by Crippen LogP contribution is -2.42. The lowest BCUT2D eigenvalue weighted by molar-refractivity contribution is 0.0983. The van der Waals surface area contributed by atoms with Crippen LogP contribution in [0.15, 0.2) is 48.7 Å². The van der Waals surface area contributed by atoms with Gasteiger partial charge in [0.2, 0.25) is 0 Å². The van der Waals surface area contributed by atoms with Gasteiger partial charge in [0.1, 0.15) is 5.82 Å². The highest BCUT2D eigenvalue weighted by Crippen LogP contribution is 2.18. The topological polar surface area (TPSA) is 95.6 Å². The Labute approximate surface area is 164 Å². The first kappa shape index (κ1) is 19.5. The van der Waals surface area contributed by atoms with Crippen molar-refractivity contribution in [3.63, 3.8) is 0 Å². The maximum atomic E-state index is 12.0. The number of likely N-dealkylation sites (tertiary alicyclic amines) is 1. The minimum absolute atomic E-state index is 0.244. The number of hydrogen-bond donors (Lipinski definition) is 3. The van der Waals surface area contributed by atoms with Gasteiger partial charge in [0, 0.05) is 24.8 Å². The van der Waals surface area contributed by atoms with E-state index in [2.05, 4.69) is 20.9 Å². The zero-order valence-electron chi connectivity index (χ0n) is 15.9. The van der Waals surface area contributed by atoms with Crippen molar-refractivity contribution in [1.82, 2.24) is 9.88 Å². The zero-order chi connectivity index (χ0) is 19.8. The summed E-state index contributed by atoms with van der Waals surface area (Å²) in [4.78, 5) is 29.7. The molecule has 0 aliphatic carbocycles. The molecule has 1 saturated heterocycles. The van der Waals surface area contributed by atoms with Gasteiger partial charge in [0.25, 0.3) is 0 Å². The second kappa shape index (κ2) is 9.59. The maximum absolute atomic E-state index is 12.0. The molecule has 0 radical (unpaired) electrons. The quantitative estimate of drug-likeness (QED) is 0.731. The van der Waals surface area contributed by atoms with Crippen LogP contribution in [0.4, 0.5) is 26.8 Å². The van der Waals surface area contributed by atoms with E-state index < -0.39 is 0 Å². The van der Waals surface area contributed by atoms with Crippen LogP contribution in [0, 0.1) is 0 Å². The third kappa shape index (κ3) is 5.60. The summed E-state index contributed by atoms with van der Waals surface area (Å²) in [5.41, 5.74) is 1.59. The standard InChI is InChI=1S/C20H25N5O3/c1-2-28-20(27)25-12-10-16(11-13-25)22-17-8-9-18(21-14-17)24-19(26)23-15-6-4-3-5-7-15/h3-9,14,16,22H,2,10-13H2,1H3,(H2,21,23,24,26). The molecule has 8 heteroatoms. The van der Waals surface area contributed by atoms with Crippen LogP contribution in [-0.4, -0.2) is 47.7 Å². The van der Waals surface area contributed by atoms with E-state index in [1.807, 2.05) is 43.3 Å². The first-order valence-corrected chi connectivity index (χ1v) is 9.41. The monoisotopic (exact) mass is 383 g/mol. The van der Waals surface area contributed by atoms with Gasteiger partial charge in [-0.05, 0) is 44.0 Å². The second-order valence-corrected chi connectivity index (χ2v) is 6.48. The number of ether oxygens (including phenoxy) is 1. The summed E-state index contributed by atoms with van der Waals surface area (Å²) in [7, 11) is 0. The van der Waals surface area contributed by atoms with Gasteiger partial charge in [0.05, 0.1) is 18.5 Å². The highest BCUT2D eigenvalue weighted by Gasteiger charge is 2.23. The van der Waals surface area contributed by atoms with Crippen molar-refractivity contribution in [2.45, 2.75) is 25.8 Å². The Balaban J connectivity index is 1.44. The average Bonchev–Trinajstić information content (AvgIpc) is 2.71. The first-order chi connectivity index (χ1) is 13.6. The number of hydrogen-bond acceptors (Lipinski definition) is 5. The Hall–Kier alpha value is -3.29. The number of benzene rings is 1. The number of rotatable bonds is 5. The smallest absolute Gasteiger partial charge is 0.409 e. The average molecular weight is 383 g/mol. The number of carbonyl (C=O) groups is 2. The lowest BCUT2D eigenvalue weighted by atomic mass is 10.1. The van der Waals surface area contributed by atoms with E-state index in [1.54, 1.807) is 17.2 Å². The Morgan fingerprint density at radius 1 is 1.07 bits per heavy atom. The third-order valence-electron chi connectivity index (χ3n) is 4.43. The molecule has 0 saturated carbocycles. The van der Waals surface area contributed by atoms with Crippen molar-refractivity contribution < 1.29 is 14.3 Å². The number of nitrogens with one attached hydrogen (secondary N) is 3. The molecular weight excluding hydrogens is 358 g/mol. The van der Waals surface area contributed by atoms with E-state index in [0.29, 0.717) is 31.2 Å². The van der Waals surface area contributed by atoms with E-state index in [4.69, 9.17) is 4.74 Å². The molecule has 2 aromatic rings. The molecule has 8 nitrogen and oxygen atoms in total. The summed E-state index contributed by atoms with van der Waals surface area (Å²) < 4.78 is 5.03. The summed E-state index contributed by atoms with van der Waals surface area (Å²) in [5.74, 6) is 0.469. The second-order valence-electron chi connectivity index (χ2n) is 6.48. The van der Waals surface area contributed by atoms with Crippen LogP contribution in [0.3, 0.4) is 0 Å². The summed E-state index contributed by atoms with van der Waals surface area (Å²) >= 11 is 0. The van der Waals surface area contributed by atoms with Gasteiger partial charge in [-0.1, -0.05) is 18.2 Å². The molecule has 3 amide bonds. The SMILES string of the molecule is CCOC(=O)N1CCC(Nc2ccc(NC(=O)Nc3ccccc3)nc2)CC1. The molecule has 0 unspecified atom stereocenters. The number of carbonyl (C=O) groups excluding carboxylic acids is 2. The Morgan fingerprint density at radius 3 is 2.46 bits per heavy atom. The predicted octanol–water partition coefficient (Wildman–Crippen LogP) is 3.76. The minimum atomic E-state index is -0.342. The molecule has 3 N–H and O–H groups in total. The molecule has 0 bridgehead atoms. The molecule has 1 aromatic heterocycles. The molecular formula is C20H25N5O3. The van der Waals surface area contributed by atoms with E-state index in [1.165, 1.54) is 0 Å². The van der Waals surface area contributed by atoms with Crippen LogP contribution in [0.1, 0.15) is 19.8 Å². The predicted molar refractivity (Wildman–Crippen MR) is 109 cm³/mol. The molecule has 1 aromatic carbocycles. The molecule has 28 heavy (non-hydrogen) atoms. The van der Waals surface area contributed by atoms with Crippen molar-refractivity contribution in [3.8, 4) is 0 Å². The molecule has 1 fully saturated rings. The largest absolute Gasteiger partial charge is 0.450 e. The fourth-order valence-electron chi connectivity index (χ4n) is 3.01. The maximum Gasteiger partial charge on any atom is 0.409 e. The van der Waals surface area contributed by atoms with Crippen LogP contribution in [0.25, 0.3) is 0 Å². The van der Waals surface area contributed by atoms with Gasteiger partial charge in [-0.3, -0.25) is 5.32 Å². The summed E-state index contributed by atoms with van der Waals surface area (Å²) in [6.07, 6.45) is 3.14. The number of pyridine rings is 1. The van der Waals surface area contributed by atoms with Gasteiger partial charge in [-0.15, -0.1) is 0 Å². The van der Waals surface area contributed by atoms with Crippen molar-refractivity contribution in [1.29, 1.82) is 0 Å². The van der Waals surface area contributed by atoms with E-state index in [-0.39, 0.29) is 18.2 Å². The summed E-state index contributed by atoms with van der Waals surface area (Å²) in [6.45, 7) is 3.54. The third-order valence-corrected chi connectivity index (χ3v) is 4.43. The van der Waals surface area contributed by atoms with Gasteiger partial charge >= 0.3 is 12.1 Å². The number of amides is 3. The molecule has 1 aliphatic rings. The van der Waals surface area contributed by atoms with E-state index >= 15 is 0 Å². The molecule has 0 spiro atoms. The number of piperidine rings is 1. The van der Waals surface area contributed by atoms with Gasteiger partial charge < -0.3 is 20.3 Å². The van der Waals surface area contributed by atoms with Crippen LogP contribution in [0.5, 0.6) is 0 Å². The van der Waals surface area contributed by atoms with Crippen molar-refractivity contribution in [2.75, 3.05) is 35.6 Å². The highest BCUT2D eigenvalue weighted by molar-refractivity contribution is 5.99. The highest BCUT2D eigenvalue weighted by atomic mass is 16.6. The van der Waals surface area contributed by atoms with Gasteiger partial charge in [-0.25, -0.2) is 14.6 Å². The molecule has 3 rings (SSSR count). The molecule has 148 valence electrons. The van der Waals surface area contributed by atoms with E-state index in [9.17, 15) is 9.59 Å². The fourth-order valence-corrected chi connectivity index (χ4v) is 3.01. The Bertz CT molecular complexity index is 774. The van der Waals surface area contributed by atoms with Crippen LogP contribution < -0.4 is 16.0 Å². The molecule has 0 atom stereocenters. The lowest BCUT2D eigenvalue weighted by Gasteiger charge is -2.32. The number of urea groups is 1. The number of nitrogens with zero attached hydrogens (tertiary/aromatic N) is 2. The summed E-state index contributed by atoms with van der Waals surface area (Å²) in [5, 5.41) is 8.87. The summed E-state index contributed by atoms with van der Waals surface area (Å²) in [6, 6.07) is 12.8. The number of anilines is 3. The normalized spacial score (nSPS) is 14.2. The van der Waals surface area contributed by atoms with Crippen molar-refractivity contribution in [2.24, 2.45) is 0 Å². The van der Waals surface area contributed by atoms with Crippen molar-refractivity contribution in [3.05, 3.63) is 48.7 Å². The van der Waals surface area contributed by atoms with E-state index in [0.717, 1.165) is 18.5 Å². The molecule has 1 aliphatic heterocycles. The minimum Gasteiger partial charge on any atom is -0.450 e. The van der Waals surface area contributed by atoms with Crippen LogP contribution >= 0.6 is 0 Å². The zero-order valence-corrected chi connectivity index (χ0v) is 15.9. The Morgan fingerprint density at radius 2 is 1.82 bits per heavy atom. The van der Waals surface area contributed by atoms with Gasteiger partial charge in [-0.2, -0.15) is 0 Å².